The number of hydrogen-bond acceptors (Lipinski definition) is 9. The summed E-state index contributed by atoms with van der Waals surface area (Å²) in [6.45, 7) is 1.63. The summed E-state index contributed by atoms with van der Waals surface area (Å²) in [5.41, 5.74) is 0.234. The number of fused-ring (bicyclic) bond motifs is 1. The standard InChI is InChI=1S/C23H17BrClN3O7S/c1-10-18(22(31)35-3)19(13-9-12(25)4-5-16(13)34-2)27-21(30)17(36-23(27)26-10)8-11-6-14(24)20(29)15(7-11)28(32)33/h4-9,19,29H,1-3H3/b17-8-/t19-/m1/s1. The van der Waals surface area contributed by atoms with E-state index in [1.54, 1.807) is 25.1 Å². The molecule has 1 aliphatic rings. The van der Waals surface area contributed by atoms with E-state index in [1.807, 2.05) is 0 Å². The molecule has 2 aromatic carbocycles. The van der Waals surface area contributed by atoms with Crippen molar-refractivity contribution in [3.63, 3.8) is 0 Å². The fraction of sp³-hybridized carbons (Fsp3) is 0.174. The third-order valence-electron chi connectivity index (χ3n) is 5.47. The van der Waals surface area contributed by atoms with Gasteiger partial charge in [0, 0.05) is 16.7 Å². The summed E-state index contributed by atoms with van der Waals surface area (Å²) in [5, 5.41) is 21.6. The number of nitrogens with zero attached hydrogens (tertiary/aromatic N) is 3. The first-order chi connectivity index (χ1) is 17.1. The Balaban J connectivity index is 2.02. The van der Waals surface area contributed by atoms with E-state index < -0.39 is 33.9 Å². The van der Waals surface area contributed by atoms with Crippen molar-refractivity contribution < 1.29 is 24.3 Å². The van der Waals surface area contributed by atoms with Gasteiger partial charge in [0.1, 0.15) is 11.8 Å². The topological polar surface area (TPSA) is 133 Å². The maximum absolute atomic E-state index is 13.7. The number of hydrogen-bond donors (Lipinski definition) is 1. The van der Waals surface area contributed by atoms with Crippen molar-refractivity contribution in [2.75, 3.05) is 14.2 Å². The van der Waals surface area contributed by atoms with E-state index >= 15 is 0 Å². The minimum Gasteiger partial charge on any atom is -0.501 e. The number of aromatic nitrogens is 1. The molecule has 0 spiro atoms. The van der Waals surface area contributed by atoms with Gasteiger partial charge in [0.2, 0.25) is 5.75 Å². The number of carbonyl (C=O) groups excluding carboxylic acids is 1. The number of ether oxygens (including phenoxy) is 2. The fourth-order valence-electron chi connectivity index (χ4n) is 3.88. The molecule has 4 rings (SSSR count). The molecular weight excluding hydrogens is 578 g/mol. The molecule has 10 nitrogen and oxygen atoms in total. The SMILES string of the molecule is COC(=O)C1=C(C)N=c2s/c(=C\c3cc(Br)c(O)c([N+](=O)[O-])c3)c(=O)n2[C@@H]1c1cc(Cl)ccc1OC. The van der Waals surface area contributed by atoms with E-state index in [2.05, 4.69) is 20.9 Å². The van der Waals surface area contributed by atoms with Crippen LogP contribution in [0.2, 0.25) is 5.02 Å². The summed E-state index contributed by atoms with van der Waals surface area (Å²) in [7, 11) is 2.69. The van der Waals surface area contributed by atoms with Gasteiger partial charge in [-0.25, -0.2) is 9.79 Å². The second-order valence-electron chi connectivity index (χ2n) is 7.59. The van der Waals surface area contributed by atoms with Crippen molar-refractivity contribution >= 4 is 56.6 Å². The molecular formula is C23H17BrClN3O7S. The molecule has 2 heterocycles. The fourth-order valence-corrected chi connectivity index (χ4v) is 5.58. The lowest BCUT2D eigenvalue weighted by Crippen LogP contribution is -2.40. The van der Waals surface area contributed by atoms with Gasteiger partial charge in [-0.05, 0) is 58.8 Å². The van der Waals surface area contributed by atoms with Crippen LogP contribution in [0, 0.1) is 10.1 Å². The quantitative estimate of drug-likeness (QED) is 0.272. The second-order valence-corrected chi connectivity index (χ2v) is 9.89. The largest absolute Gasteiger partial charge is 0.501 e. The minimum atomic E-state index is -0.953. The molecule has 1 aromatic heterocycles. The third kappa shape index (κ3) is 4.43. The number of carbonyl (C=O) groups is 1. The summed E-state index contributed by atoms with van der Waals surface area (Å²) in [6, 6.07) is 6.50. The lowest BCUT2D eigenvalue weighted by molar-refractivity contribution is -0.386. The highest BCUT2D eigenvalue weighted by molar-refractivity contribution is 9.10. The van der Waals surface area contributed by atoms with Crippen LogP contribution in [-0.4, -0.2) is 34.8 Å². The molecule has 0 saturated carbocycles. The van der Waals surface area contributed by atoms with Gasteiger partial charge < -0.3 is 14.6 Å². The third-order valence-corrected chi connectivity index (χ3v) is 7.30. The van der Waals surface area contributed by atoms with Gasteiger partial charge in [-0.1, -0.05) is 22.9 Å². The zero-order valence-corrected chi connectivity index (χ0v) is 22.1. The zero-order valence-electron chi connectivity index (χ0n) is 18.9. The summed E-state index contributed by atoms with van der Waals surface area (Å²) >= 11 is 10.4. The molecule has 0 aliphatic carbocycles. The maximum atomic E-state index is 13.7. The Labute approximate surface area is 220 Å². The van der Waals surface area contributed by atoms with Crippen LogP contribution in [0.5, 0.6) is 11.5 Å². The highest BCUT2D eigenvalue weighted by atomic mass is 79.9. The van der Waals surface area contributed by atoms with Gasteiger partial charge in [0.15, 0.2) is 4.80 Å². The molecule has 0 unspecified atom stereocenters. The Morgan fingerprint density at radius 2 is 2.06 bits per heavy atom. The molecule has 0 radical (unpaired) electrons. The normalized spacial score (nSPS) is 15.4. The van der Waals surface area contributed by atoms with Crippen LogP contribution in [0.4, 0.5) is 5.69 Å². The summed E-state index contributed by atoms with van der Waals surface area (Å²) in [6.07, 6.45) is 1.45. The van der Waals surface area contributed by atoms with Crippen molar-refractivity contribution in [3.05, 3.63) is 92.0 Å². The Bertz CT molecular complexity index is 1640. The number of methoxy groups -OCH3 is 2. The van der Waals surface area contributed by atoms with Gasteiger partial charge in [-0.3, -0.25) is 19.5 Å². The van der Waals surface area contributed by atoms with Crippen LogP contribution in [0.15, 0.2) is 55.9 Å². The van der Waals surface area contributed by atoms with E-state index in [0.29, 0.717) is 32.4 Å². The predicted molar refractivity (Wildman–Crippen MR) is 136 cm³/mol. The molecule has 1 atom stereocenters. The molecule has 1 N–H and O–H groups in total. The van der Waals surface area contributed by atoms with Gasteiger partial charge in [0.25, 0.3) is 5.56 Å². The minimum absolute atomic E-state index is 0.0982. The van der Waals surface area contributed by atoms with Crippen LogP contribution in [0.25, 0.3) is 6.08 Å². The highest BCUT2D eigenvalue weighted by Gasteiger charge is 2.35. The lowest BCUT2D eigenvalue weighted by atomic mass is 9.95. The number of nitro benzene ring substituents is 1. The maximum Gasteiger partial charge on any atom is 0.338 e. The van der Waals surface area contributed by atoms with E-state index in [1.165, 1.54) is 30.9 Å². The number of benzene rings is 2. The Morgan fingerprint density at radius 3 is 2.69 bits per heavy atom. The average Bonchev–Trinajstić information content (AvgIpc) is 3.13. The number of aromatic hydroxyl groups is 1. The van der Waals surface area contributed by atoms with Crippen LogP contribution < -0.4 is 19.6 Å². The molecule has 1 aliphatic heterocycles. The molecule has 0 amide bonds. The van der Waals surface area contributed by atoms with Crippen LogP contribution in [0.3, 0.4) is 0 Å². The average molecular weight is 595 g/mol. The summed E-state index contributed by atoms with van der Waals surface area (Å²) in [4.78, 5) is 41.8. The molecule has 0 fully saturated rings. The first-order valence-electron chi connectivity index (χ1n) is 10.2. The Kier molecular flexibility index (Phi) is 7.03. The smallest absolute Gasteiger partial charge is 0.338 e. The first kappa shape index (κ1) is 25.6. The number of halogens is 2. The van der Waals surface area contributed by atoms with E-state index in [9.17, 15) is 24.8 Å². The van der Waals surface area contributed by atoms with Crippen molar-refractivity contribution in [1.29, 1.82) is 0 Å². The molecule has 36 heavy (non-hydrogen) atoms. The van der Waals surface area contributed by atoms with Gasteiger partial charge in [0.05, 0.1) is 39.4 Å². The summed E-state index contributed by atoms with van der Waals surface area (Å²) in [5.74, 6) is -0.797. The number of thiazole rings is 1. The number of phenolic OH excluding ortho intramolecular Hbond substituents is 1. The molecule has 0 saturated heterocycles. The number of nitro groups is 1. The van der Waals surface area contributed by atoms with Gasteiger partial charge >= 0.3 is 11.7 Å². The van der Waals surface area contributed by atoms with Crippen molar-refractivity contribution in [1.82, 2.24) is 4.57 Å². The van der Waals surface area contributed by atoms with Crippen LogP contribution >= 0.6 is 38.9 Å². The highest BCUT2D eigenvalue weighted by Crippen LogP contribution is 2.37. The van der Waals surface area contributed by atoms with E-state index in [-0.39, 0.29) is 14.6 Å². The molecule has 186 valence electrons. The summed E-state index contributed by atoms with van der Waals surface area (Å²) < 4.78 is 12.1. The van der Waals surface area contributed by atoms with Crippen molar-refractivity contribution in [2.24, 2.45) is 4.99 Å². The first-order valence-corrected chi connectivity index (χ1v) is 12.2. The zero-order chi connectivity index (χ0) is 26.3. The molecule has 3 aromatic rings. The predicted octanol–water partition coefficient (Wildman–Crippen LogP) is 3.45. The number of esters is 1. The Hall–Kier alpha value is -3.48. The number of rotatable bonds is 5. The second kappa shape index (κ2) is 9.88. The Morgan fingerprint density at radius 1 is 1.33 bits per heavy atom. The number of phenols is 1. The van der Waals surface area contributed by atoms with Gasteiger partial charge in [-0.2, -0.15) is 0 Å². The van der Waals surface area contributed by atoms with Crippen LogP contribution in [-0.2, 0) is 9.53 Å². The van der Waals surface area contributed by atoms with E-state index in [0.717, 1.165) is 17.4 Å². The monoisotopic (exact) mass is 593 g/mol. The van der Waals surface area contributed by atoms with Crippen LogP contribution in [0.1, 0.15) is 24.1 Å². The number of allylic oxidation sites excluding steroid dienone is 1. The lowest BCUT2D eigenvalue weighted by Gasteiger charge is -2.25. The van der Waals surface area contributed by atoms with Crippen molar-refractivity contribution in [3.8, 4) is 11.5 Å². The van der Waals surface area contributed by atoms with E-state index in [4.69, 9.17) is 21.1 Å². The van der Waals surface area contributed by atoms with Gasteiger partial charge in [-0.15, -0.1) is 0 Å². The molecule has 0 bridgehead atoms. The molecule has 13 heteroatoms. The van der Waals surface area contributed by atoms with Crippen molar-refractivity contribution in [2.45, 2.75) is 13.0 Å².